The summed E-state index contributed by atoms with van der Waals surface area (Å²) in [4.78, 5) is 13.7. The first-order valence-corrected chi connectivity index (χ1v) is 11.4. The van der Waals surface area contributed by atoms with Crippen LogP contribution in [0.25, 0.3) is 16.5 Å². The van der Waals surface area contributed by atoms with Gasteiger partial charge in [0.05, 0.1) is 0 Å². The molecule has 1 atom stereocenters. The van der Waals surface area contributed by atoms with Gasteiger partial charge < -0.3 is 20.3 Å². The number of hydrogen-bond donors (Lipinski definition) is 3. The van der Waals surface area contributed by atoms with E-state index in [0.717, 1.165) is 24.1 Å². The molecule has 0 bridgehead atoms. The predicted molar refractivity (Wildman–Crippen MR) is 139 cm³/mol. The molecular weight excluding hydrogens is 424 g/mol. The number of nitrogens with zero attached hydrogens (tertiary/aromatic N) is 1. The molecule has 2 aromatic rings. The van der Waals surface area contributed by atoms with Gasteiger partial charge in [-0.1, -0.05) is 45.4 Å². The maximum Gasteiger partial charge on any atom is 0.290 e. The minimum Gasteiger partial charge on any atom is -0.483 e. The zero-order valence-corrected chi connectivity index (χ0v) is 20.5. The van der Waals surface area contributed by atoms with Gasteiger partial charge in [-0.05, 0) is 45.0 Å². The summed E-state index contributed by atoms with van der Waals surface area (Å²) in [6.07, 6.45) is 13.3. The van der Waals surface area contributed by atoms with E-state index < -0.39 is 11.6 Å². The van der Waals surface area contributed by atoms with Gasteiger partial charge in [0.1, 0.15) is 0 Å². The van der Waals surface area contributed by atoms with E-state index in [1.807, 2.05) is 45.2 Å². The Morgan fingerprint density at radius 1 is 1.24 bits per heavy atom. The van der Waals surface area contributed by atoms with Crippen molar-refractivity contribution in [3.63, 3.8) is 0 Å². The van der Waals surface area contributed by atoms with Crippen LogP contribution < -0.4 is 5.32 Å². The molecule has 0 saturated heterocycles. The van der Waals surface area contributed by atoms with Crippen LogP contribution in [0.3, 0.4) is 0 Å². The Kier molecular flexibility index (Phi) is 16.0. The molecule has 1 unspecified atom stereocenters. The fraction of sp³-hybridized carbons (Fsp3) is 0.423. The van der Waals surface area contributed by atoms with Gasteiger partial charge in [0, 0.05) is 50.4 Å². The van der Waals surface area contributed by atoms with Crippen molar-refractivity contribution >= 4 is 22.9 Å². The van der Waals surface area contributed by atoms with Crippen LogP contribution >= 0.6 is 0 Å². The second-order valence-corrected chi connectivity index (χ2v) is 7.27. The number of carbonyl (C=O) groups is 1. The average Bonchev–Trinajstić information content (AvgIpc) is 3.22. The minimum absolute atomic E-state index is 0. The topological polar surface area (TPSA) is 68.4 Å². The molecule has 1 aliphatic rings. The molecule has 1 aromatic carbocycles. The highest BCUT2D eigenvalue weighted by Crippen LogP contribution is 2.28. The number of H-pyrrole nitrogens is 1. The molecule has 2 heterocycles. The third-order valence-corrected chi connectivity index (χ3v) is 4.71. The number of aromatic nitrogens is 1. The quantitative estimate of drug-likeness (QED) is 0.308. The number of aromatic amines is 1. The smallest absolute Gasteiger partial charge is 0.290 e. The molecule has 1 aromatic heterocycles. The summed E-state index contributed by atoms with van der Waals surface area (Å²) in [6.45, 7) is 14.1. The molecule has 33 heavy (non-hydrogen) atoms. The van der Waals surface area contributed by atoms with Gasteiger partial charge in [0.25, 0.3) is 6.47 Å². The van der Waals surface area contributed by atoms with E-state index in [9.17, 15) is 8.78 Å². The number of benzene rings is 1. The van der Waals surface area contributed by atoms with Crippen molar-refractivity contribution in [2.24, 2.45) is 0 Å². The summed E-state index contributed by atoms with van der Waals surface area (Å²) in [5, 5.41) is 10.8. The van der Waals surface area contributed by atoms with E-state index >= 15 is 0 Å². The Balaban J connectivity index is -0.000000521. The molecule has 0 aliphatic carbocycles. The van der Waals surface area contributed by atoms with Crippen LogP contribution in [-0.2, 0) is 4.79 Å². The summed E-state index contributed by atoms with van der Waals surface area (Å²) in [5.74, 6) is -1.67. The summed E-state index contributed by atoms with van der Waals surface area (Å²) in [5.41, 5.74) is 2.40. The van der Waals surface area contributed by atoms with Crippen molar-refractivity contribution in [2.45, 2.75) is 53.0 Å². The maximum atomic E-state index is 13.3. The van der Waals surface area contributed by atoms with Crippen molar-refractivity contribution in [2.75, 3.05) is 20.1 Å². The Morgan fingerprint density at radius 2 is 1.88 bits per heavy atom. The lowest BCUT2D eigenvalue weighted by Gasteiger charge is -2.14. The van der Waals surface area contributed by atoms with Gasteiger partial charge in [0.15, 0.2) is 11.6 Å². The van der Waals surface area contributed by atoms with Crippen LogP contribution in [0, 0.1) is 11.6 Å². The molecule has 5 nitrogen and oxygen atoms in total. The summed E-state index contributed by atoms with van der Waals surface area (Å²) in [6, 6.07) is 2.69. The fourth-order valence-electron chi connectivity index (χ4n) is 2.95. The van der Waals surface area contributed by atoms with Gasteiger partial charge in [-0.15, -0.1) is 6.58 Å². The van der Waals surface area contributed by atoms with Crippen LogP contribution in [0.1, 0.15) is 55.4 Å². The van der Waals surface area contributed by atoms with Crippen molar-refractivity contribution in [1.82, 2.24) is 15.2 Å². The molecule has 0 saturated carbocycles. The second kappa shape index (κ2) is 17.6. The molecule has 3 rings (SSSR count). The van der Waals surface area contributed by atoms with Crippen molar-refractivity contribution in [1.29, 1.82) is 0 Å². The number of rotatable bonds is 7. The molecule has 0 fully saturated rings. The number of hydrogen-bond acceptors (Lipinski definition) is 3. The first kappa shape index (κ1) is 30.1. The van der Waals surface area contributed by atoms with E-state index in [1.54, 1.807) is 6.20 Å². The zero-order chi connectivity index (χ0) is 25.2. The lowest BCUT2D eigenvalue weighted by atomic mass is 10.0. The number of halogens is 2. The van der Waals surface area contributed by atoms with Crippen LogP contribution in [0.2, 0.25) is 0 Å². The highest BCUT2D eigenvalue weighted by Gasteiger charge is 2.12. The van der Waals surface area contributed by atoms with E-state index in [-0.39, 0.29) is 15.4 Å². The van der Waals surface area contributed by atoms with Crippen LogP contribution in [0.15, 0.2) is 49.3 Å². The highest BCUT2D eigenvalue weighted by atomic mass is 19.2. The first-order valence-electron chi connectivity index (χ1n) is 11.4. The lowest BCUT2D eigenvalue weighted by molar-refractivity contribution is -0.122. The molecule has 0 amide bonds. The molecule has 0 radical (unpaired) electrons. The first-order chi connectivity index (χ1) is 15.9. The normalized spacial score (nSPS) is 13.9. The van der Waals surface area contributed by atoms with E-state index in [2.05, 4.69) is 35.8 Å². The van der Waals surface area contributed by atoms with Crippen molar-refractivity contribution < 1.29 is 21.5 Å². The fourth-order valence-corrected chi connectivity index (χ4v) is 2.95. The van der Waals surface area contributed by atoms with Crippen molar-refractivity contribution in [3.05, 3.63) is 66.5 Å². The number of allylic oxidation sites excluding steroid dienone is 2. The van der Waals surface area contributed by atoms with Crippen LogP contribution in [0.5, 0.6) is 0 Å². The third kappa shape index (κ3) is 11.0. The maximum absolute atomic E-state index is 13.3. The number of dihydropyridines is 1. The van der Waals surface area contributed by atoms with E-state index in [1.165, 1.54) is 31.5 Å². The standard InChI is InChI=1S/C14H12F2N2.C9H19N.C2H6.CH2O2.2H2/c1-8-2-3-9(6-17-8)11-7-18-14-5-13(16)12(15)4-10(11)14;1-4-6-8-10(3)9-7-5-2;1-2;2-1-3;;/h2-8,17-18H,1H3;4H,1,5-9H2,2-3H3;1-2H3;1H,(H,2,3);2*1H. The Labute approximate surface area is 199 Å². The third-order valence-electron chi connectivity index (χ3n) is 4.71. The molecule has 188 valence electrons. The van der Waals surface area contributed by atoms with Gasteiger partial charge in [-0.2, -0.15) is 0 Å². The largest absolute Gasteiger partial charge is 0.483 e. The summed E-state index contributed by atoms with van der Waals surface area (Å²) < 4.78 is 26.4. The molecule has 0 spiro atoms. The number of fused-ring (bicyclic) bond motifs is 1. The summed E-state index contributed by atoms with van der Waals surface area (Å²) >= 11 is 0. The number of unbranched alkanes of at least 4 members (excludes halogenated alkanes) is 1. The number of nitrogens with one attached hydrogen (secondary N) is 2. The van der Waals surface area contributed by atoms with E-state index in [0.29, 0.717) is 10.9 Å². The molecular formula is C26H43F2N3O2. The predicted octanol–water partition coefficient (Wildman–Crippen LogP) is 6.85. The number of carboxylic acid groups (broad SMARTS) is 1. The van der Waals surface area contributed by atoms with Crippen LogP contribution in [0.4, 0.5) is 8.78 Å². The minimum atomic E-state index is -0.837. The molecule has 3 N–H and O–H groups in total. The van der Waals surface area contributed by atoms with Crippen molar-refractivity contribution in [3.8, 4) is 0 Å². The summed E-state index contributed by atoms with van der Waals surface area (Å²) in [7, 11) is 2.17. The van der Waals surface area contributed by atoms with Gasteiger partial charge in [0.2, 0.25) is 0 Å². The SMILES string of the molecule is C=CCCN(C)CCCC.CC.CC1C=CC(c2c[nH]c3cc(F)c(F)cc23)=CN1.O=CO.[HH].[HH]. The zero-order valence-electron chi connectivity index (χ0n) is 20.5. The Bertz CT molecular complexity index is 902. The molecule has 1 aliphatic heterocycles. The van der Waals surface area contributed by atoms with Gasteiger partial charge in [-0.3, -0.25) is 4.79 Å². The van der Waals surface area contributed by atoms with Gasteiger partial charge in [-0.25, -0.2) is 8.78 Å². The Hall–Kier alpha value is -2.93. The highest BCUT2D eigenvalue weighted by molar-refractivity contribution is 5.95. The average molecular weight is 468 g/mol. The molecule has 7 heteroatoms. The van der Waals surface area contributed by atoms with E-state index in [4.69, 9.17) is 9.90 Å². The van der Waals surface area contributed by atoms with Crippen LogP contribution in [-0.4, -0.2) is 47.6 Å². The Morgan fingerprint density at radius 3 is 2.42 bits per heavy atom. The lowest BCUT2D eigenvalue weighted by Crippen LogP contribution is -2.20. The second-order valence-electron chi connectivity index (χ2n) is 7.27. The monoisotopic (exact) mass is 467 g/mol. The van der Waals surface area contributed by atoms with Gasteiger partial charge >= 0.3 is 0 Å².